The minimum absolute atomic E-state index is 0.0624. The van der Waals surface area contributed by atoms with Crippen molar-refractivity contribution in [2.45, 2.75) is 14.7 Å². The van der Waals surface area contributed by atoms with Gasteiger partial charge in [0.05, 0.1) is 0 Å². The van der Waals surface area contributed by atoms with Gasteiger partial charge in [0.15, 0.2) is 0 Å². The van der Waals surface area contributed by atoms with E-state index in [4.69, 9.17) is 0 Å². The van der Waals surface area contributed by atoms with E-state index < -0.39 is 0 Å². The number of hydrogen-bond donors (Lipinski definition) is 0. The molecule has 0 heterocycles. The number of rotatable bonds is 5. The summed E-state index contributed by atoms with van der Waals surface area (Å²) in [4.78, 5) is 4.09. The Morgan fingerprint density at radius 2 is 0.769 bits per heavy atom. The molecule has 126 valence electrons. The first-order chi connectivity index (χ1) is 12.9. The Morgan fingerprint density at radius 3 is 1.27 bits per heavy atom. The summed E-state index contributed by atoms with van der Waals surface area (Å²) in [5.41, 5.74) is 0. The zero-order valence-electron chi connectivity index (χ0n) is 14.3. The van der Waals surface area contributed by atoms with Gasteiger partial charge in [-0.1, -0.05) is 0 Å². The van der Waals surface area contributed by atoms with Gasteiger partial charge in [0.25, 0.3) is 0 Å². The predicted octanol–water partition coefficient (Wildman–Crippen LogP) is 4.44. The SMILES string of the molecule is c1ccc([Se]c2ccc([S+](c3ccccc3)c3ccccc3)cc2)cc1. The Labute approximate surface area is 164 Å². The van der Waals surface area contributed by atoms with Gasteiger partial charge in [-0.2, -0.15) is 0 Å². The zero-order valence-corrected chi connectivity index (χ0v) is 16.8. The molecule has 26 heavy (non-hydrogen) atoms. The molecular weight excluding hydrogens is 399 g/mol. The standard InChI is InChI=1S/C24H19SSe/c1-4-10-20(11-5-1)25(21-12-6-2-7-13-21)22-16-18-24(19-17-22)26-23-14-8-3-9-15-23/h1-19H/q+1. The van der Waals surface area contributed by atoms with Crippen molar-refractivity contribution in [3.05, 3.63) is 115 Å². The molecule has 0 bridgehead atoms. The number of benzene rings is 4. The van der Waals surface area contributed by atoms with E-state index >= 15 is 0 Å². The van der Waals surface area contributed by atoms with Crippen molar-refractivity contribution in [1.29, 1.82) is 0 Å². The molecule has 4 aromatic carbocycles. The fourth-order valence-corrected chi connectivity index (χ4v) is 6.63. The molecule has 0 saturated carbocycles. The summed E-state index contributed by atoms with van der Waals surface area (Å²) >= 11 is 0.359. The molecule has 0 saturated heterocycles. The molecule has 0 radical (unpaired) electrons. The Morgan fingerprint density at radius 1 is 0.385 bits per heavy atom. The Hall–Kier alpha value is -2.25. The van der Waals surface area contributed by atoms with E-state index in [1.807, 2.05) is 0 Å². The molecule has 0 unspecified atom stereocenters. The third kappa shape index (κ3) is 4.11. The summed E-state index contributed by atoms with van der Waals surface area (Å²) in [7, 11) is -0.0624. The summed E-state index contributed by atoms with van der Waals surface area (Å²) in [6, 6.07) is 41.6. The van der Waals surface area contributed by atoms with Crippen molar-refractivity contribution in [3.63, 3.8) is 0 Å². The molecule has 0 aliphatic carbocycles. The third-order valence-corrected chi connectivity index (χ3v) is 8.36. The molecule has 0 atom stereocenters. The molecule has 0 N–H and O–H groups in total. The first-order valence-electron chi connectivity index (χ1n) is 8.57. The van der Waals surface area contributed by atoms with E-state index in [9.17, 15) is 0 Å². The van der Waals surface area contributed by atoms with Crippen LogP contribution in [0, 0.1) is 0 Å². The third-order valence-electron chi connectivity index (χ3n) is 4.00. The molecule has 0 spiro atoms. The molecule has 0 fully saturated rings. The van der Waals surface area contributed by atoms with Crippen LogP contribution < -0.4 is 8.92 Å². The molecule has 4 rings (SSSR count). The van der Waals surface area contributed by atoms with Gasteiger partial charge in [0.2, 0.25) is 0 Å². The maximum atomic E-state index is 2.31. The zero-order chi connectivity index (χ0) is 17.6. The van der Waals surface area contributed by atoms with Gasteiger partial charge in [0.1, 0.15) is 0 Å². The summed E-state index contributed by atoms with van der Waals surface area (Å²) in [5, 5.41) is 0. The first kappa shape index (κ1) is 17.2. The summed E-state index contributed by atoms with van der Waals surface area (Å²) in [5.74, 6) is 0. The van der Waals surface area contributed by atoms with E-state index in [-0.39, 0.29) is 10.9 Å². The van der Waals surface area contributed by atoms with Crippen LogP contribution in [0.5, 0.6) is 0 Å². The summed E-state index contributed by atoms with van der Waals surface area (Å²) in [6.07, 6.45) is 0. The summed E-state index contributed by atoms with van der Waals surface area (Å²) in [6.45, 7) is 0. The van der Waals surface area contributed by atoms with Crippen LogP contribution in [0.1, 0.15) is 0 Å². The topological polar surface area (TPSA) is 0 Å². The number of hydrogen-bond acceptors (Lipinski definition) is 0. The van der Waals surface area contributed by atoms with Gasteiger partial charge in [0, 0.05) is 0 Å². The van der Waals surface area contributed by atoms with Gasteiger partial charge >= 0.3 is 165 Å². The van der Waals surface area contributed by atoms with Crippen LogP contribution in [0.25, 0.3) is 0 Å². The van der Waals surface area contributed by atoms with Crippen molar-refractivity contribution < 1.29 is 0 Å². The fraction of sp³-hybridized carbons (Fsp3) is 0. The van der Waals surface area contributed by atoms with Crippen LogP contribution in [-0.4, -0.2) is 15.0 Å². The Balaban J connectivity index is 1.66. The van der Waals surface area contributed by atoms with Crippen LogP contribution >= 0.6 is 0 Å². The monoisotopic (exact) mass is 419 g/mol. The fourth-order valence-electron chi connectivity index (χ4n) is 2.79. The van der Waals surface area contributed by atoms with Crippen LogP contribution in [-0.2, 0) is 10.9 Å². The van der Waals surface area contributed by atoms with E-state index in [0.29, 0.717) is 15.0 Å². The van der Waals surface area contributed by atoms with E-state index in [2.05, 4.69) is 115 Å². The van der Waals surface area contributed by atoms with E-state index in [0.717, 1.165) is 0 Å². The van der Waals surface area contributed by atoms with E-state index in [1.54, 1.807) is 0 Å². The average molecular weight is 418 g/mol. The molecule has 2 heteroatoms. The van der Waals surface area contributed by atoms with Crippen LogP contribution in [0.4, 0.5) is 0 Å². The predicted molar refractivity (Wildman–Crippen MR) is 113 cm³/mol. The van der Waals surface area contributed by atoms with Gasteiger partial charge in [-0.15, -0.1) is 0 Å². The minimum atomic E-state index is -0.0624. The quantitative estimate of drug-likeness (QED) is 0.332. The molecule has 0 amide bonds. The Bertz CT molecular complexity index is 896. The van der Waals surface area contributed by atoms with Gasteiger partial charge in [-0.05, 0) is 0 Å². The first-order valence-corrected chi connectivity index (χ1v) is 11.5. The second-order valence-electron chi connectivity index (χ2n) is 5.82. The molecule has 0 aliphatic heterocycles. The maximum absolute atomic E-state index is 2.31. The van der Waals surface area contributed by atoms with E-state index in [1.165, 1.54) is 23.6 Å². The second kappa shape index (κ2) is 8.42. The second-order valence-corrected chi connectivity index (χ2v) is 10.3. The van der Waals surface area contributed by atoms with Crippen molar-refractivity contribution >= 4 is 34.8 Å². The average Bonchev–Trinajstić information content (AvgIpc) is 2.72. The van der Waals surface area contributed by atoms with Crippen LogP contribution in [0.2, 0.25) is 0 Å². The molecular formula is C24H19SSe+. The van der Waals surface area contributed by atoms with Crippen LogP contribution in [0.15, 0.2) is 130 Å². The van der Waals surface area contributed by atoms with Gasteiger partial charge in [-0.25, -0.2) is 0 Å². The van der Waals surface area contributed by atoms with Crippen molar-refractivity contribution in [2.24, 2.45) is 0 Å². The van der Waals surface area contributed by atoms with Crippen molar-refractivity contribution in [2.75, 3.05) is 0 Å². The molecule has 0 aromatic heterocycles. The molecule has 4 aromatic rings. The van der Waals surface area contributed by atoms with Crippen molar-refractivity contribution in [1.82, 2.24) is 0 Å². The van der Waals surface area contributed by atoms with Gasteiger partial charge in [-0.3, -0.25) is 0 Å². The van der Waals surface area contributed by atoms with Crippen molar-refractivity contribution in [3.8, 4) is 0 Å². The summed E-state index contributed by atoms with van der Waals surface area (Å²) < 4.78 is 2.83. The molecule has 0 aliphatic rings. The van der Waals surface area contributed by atoms with Crippen LogP contribution in [0.3, 0.4) is 0 Å². The normalized spacial score (nSPS) is 10.8. The van der Waals surface area contributed by atoms with Gasteiger partial charge < -0.3 is 0 Å². The Kier molecular flexibility index (Phi) is 5.56. The molecule has 0 nitrogen and oxygen atoms in total.